The first-order valence-electron chi connectivity index (χ1n) is 10.0. The van der Waals surface area contributed by atoms with Gasteiger partial charge in [-0.2, -0.15) is 0 Å². The highest BCUT2D eigenvalue weighted by Gasteiger charge is 2.31. The quantitative estimate of drug-likeness (QED) is 0.768. The van der Waals surface area contributed by atoms with Gasteiger partial charge in [-0.25, -0.2) is 13.6 Å². The van der Waals surface area contributed by atoms with Crippen molar-refractivity contribution in [1.29, 1.82) is 0 Å². The Morgan fingerprint density at radius 2 is 1.64 bits per heavy atom. The number of carbonyl (C=O) groups excluding carboxylic acids is 1. The highest BCUT2D eigenvalue weighted by molar-refractivity contribution is 5.68. The van der Waals surface area contributed by atoms with E-state index in [9.17, 15) is 13.6 Å². The fraction of sp³-hybridized carbons (Fsp3) is 0.667. The van der Waals surface area contributed by atoms with E-state index in [1.54, 1.807) is 4.90 Å². The molecule has 2 heterocycles. The fourth-order valence-electron chi connectivity index (χ4n) is 3.84. The van der Waals surface area contributed by atoms with Gasteiger partial charge in [-0.1, -0.05) is 0 Å². The summed E-state index contributed by atoms with van der Waals surface area (Å²) < 4.78 is 37.6. The Morgan fingerprint density at radius 3 is 2.21 bits per heavy atom. The molecule has 1 aromatic carbocycles. The molecular weight excluding hydrogens is 366 g/mol. The molecule has 2 fully saturated rings. The number of rotatable bonds is 3. The average Bonchev–Trinajstić information content (AvgIpc) is 2.64. The van der Waals surface area contributed by atoms with Crippen LogP contribution in [0, 0.1) is 11.6 Å². The predicted molar refractivity (Wildman–Crippen MR) is 102 cm³/mol. The molecule has 0 aromatic heterocycles. The molecule has 0 N–H and O–H groups in total. The first-order chi connectivity index (χ1) is 13.2. The van der Waals surface area contributed by atoms with Crippen molar-refractivity contribution in [1.82, 2.24) is 9.80 Å². The molecule has 1 aromatic rings. The summed E-state index contributed by atoms with van der Waals surface area (Å²) in [6, 6.07) is 4.13. The molecule has 156 valence electrons. The molecule has 0 atom stereocenters. The Hall–Kier alpha value is -1.89. The van der Waals surface area contributed by atoms with Crippen LogP contribution in [0.5, 0.6) is 5.75 Å². The zero-order valence-corrected chi connectivity index (χ0v) is 16.9. The summed E-state index contributed by atoms with van der Waals surface area (Å²) in [7, 11) is 0. The standard InChI is InChI=1S/C21H30F2N2O3/c1-21(2,3)28-20(26)25-10-6-15(7-11-25)24-12-8-16(9-13-24)27-17-4-5-18(22)19(23)14-17/h4-5,14-16H,6-13H2,1-3H3. The van der Waals surface area contributed by atoms with E-state index in [-0.39, 0.29) is 12.2 Å². The van der Waals surface area contributed by atoms with Gasteiger partial charge in [0.05, 0.1) is 0 Å². The lowest BCUT2D eigenvalue weighted by atomic mass is 9.99. The Kier molecular flexibility index (Phi) is 6.43. The van der Waals surface area contributed by atoms with Gasteiger partial charge in [0.1, 0.15) is 17.5 Å². The van der Waals surface area contributed by atoms with Crippen LogP contribution in [0.25, 0.3) is 0 Å². The Labute approximate surface area is 165 Å². The molecule has 7 heteroatoms. The lowest BCUT2D eigenvalue weighted by molar-refractivity contribution is 0.00904. The van der Waals surface area contributed by atoms with E-state index >= 15 is 0 Å². The number of ether oxygens (including phenoxy) is 2. The topological polar surface area (TPSA) is 42.0 Å². The van der Waals surface area contributed by atoms with E-state index < -0.39 is 17.2 Å². The van der Waals surface area contributed by atoms with Crippen molar-refractivity contribution < 1.29 is 23.0 Å². The first-order valence-corrected chi connectivity index (χ1v) is 10.0. The Bertz CT molecular complexity index is 677. The van der Waals surface area contributed by atoms with E-state index in [1.165, 1.54) is 6.07 Å². The first kappa shape index (κ1) is 20.8. The van der Waals surface area contributed by atoms with Crippen LogP contribution in [0.3, 0.4) is 0 Å². The van der Waals surface area contributed by atoms with Gasteiger partial charge in [0.2, 0.25) is 0 Å². The van der Waals surface area contributed by atoms with Crippen LogP contribution in [-0.4, -0.2) is 59.8 Å². The molecule has 0 unspecified atom stereocenters. The number of benzene rings is 1. The van der Waals surface area contributed by atoms with Crippen LogP contribution >= 0.6 is 0 Å². The summed E-state index contributed by atoms with van der Waals surface area (Å²) >= 11 is 0. The average molecular weight is 396 g/mol. The van der Waals surface area contributed by atoms with Crippen molar-refractivity contribution in [2.75, 3.05) is 26.2 Å². The molecule has 0 radical (unpaired) electrons. The number of hydrogen-bond acceptors (Lipinski definition) is 4. The Balaban J connectivity index is 1.42. The van der Waals surface area contributed by atoms with E-state index in [2.05, 4.69) is 4.90 Å². The maximum Gasteiger partial charge on any atom is 0.410 e. The van der Waals surface area contributed by atoms with Crippen LogP contribution in [0.2, 0.25) is 0 Å². The second-order valence-corrected chi connectivity index (χ2v) is 8.63. The number of halogens is 2. The van der Waals surface area contributed by atoms with Crippen LogP contribution in [0.4, 0.5) is 13.6 Å². The van der Waals surface area contributed by atoms with Gasteiger partial charge < -0.3 is 14.4 Å². The van der Waals surface area contributed by atoms with Crippen LogP contribution < -0.4 is 4.74 Å². The molecule has 5 nitrogen and oxygen atoms in total. The van der Waals surface area contributed by atoms with E-state index in [0.717, 1.165) is 50.9 Å². The molecule has 0 saturated carbocycles. The number of piperidine rings is 2. The van der Waals surface area contributed by atoms with Crippen molar-refractivity contribution in [2.24, 2.45) is 0 Å². The minimum Gasteiger partial charge on any atom is -0.490 e. The monoisotopic (exact) mass is 396 g/mol. The summed E-state index contributed by atoms with van der Waals surface area (Å²) in [6.45, 7) is 8.88. The lowest BCUT2D eigenvalue weighted by Gasteiger charge is -2.41. The summed E-state index contributed by atoms with van der Waals surface area (Å²) in [4.78, 5) is 16.4. The molecule has 2 saturated heterocycles. The van der Waals surface area contributed by atoms with Crippen molar-refractivity contribution >= 4 is 6.09 Å². The zero-order valence-electron chi connectivity index (χ0n) is 16.9. The second-order valence-electron chi connectivity index (χ2n) is 8.63. The molecule has 0 bridgehead atoms. The van der Waals surface area contributed by atoms with Crippen molar-refractivity contribution in [3.63, 3.8) is 0 Å². The fourth-order valence-corrected chi connectivity index (χ4v) is 3.84. The minimum atomic E-state index is -0.883. The third-order valence-corrected chi connectivity index (χ3v) is 5.30. The maximum absolute atomic E-state index is 13.3. The Morgan fingerprint density at radius 1 is 1.00 bits per heavy atom. The molecular formula is C21H30F2N2O3. The SMILES string of the molecule is CC(C)(C)OC(=O)N1CCC(N2CCC(Oc3ccc(F)c(F)c3)CC2)CC1. The molecule has 2 aliphatic heterocycles. The molecule has 1 amide bonds. The van der Waals surface area contributed by atoms with Crippen LogP contribution in [0.15, 0.2) is 18.2 Å². The molecule has 28 heavy (non-hydrogen) atoms. The van der Waals surface area contributed by atoms with Gasteiger partial charge in [0.15, 0.2) is 11.6 Å². The van der Waals surface area contributed by atoms with Crippen molar-refractivity contribution in [3.8, 4) is 5.75 Å². The highest BCUT2D eigenvalue weighted by Crippen LogP contribution is 2.25. The number of nitrogens with zero attached hydrogens (tertiary/aromatic N) is 2. The summed E-state index contributed by atoms with van der Waals surface area (Å²) in [6.07, 6.45) is 3.37. The third-order valence-electron chi connectivity index (χ3n) is 5.30. The third kappa shape index (κ3) is 5.56. The minimum absolute atomic E-state index is 0.0166. The van der Waals surface area contributed by atoms with E-state index in [0.29, 0.717) is 24.9 Å². The number of amides is 1. The second kappa shape index (κ2) is 8.64. The van der Waals surface area contributed by atoms with Gasteiger partial charge in [0.25, 0.3) is 0 Å². The highest BCUT2D eigenvalue weighted by atomic mass is 19.2. The molecule has 0 spiro atoms. The zero-order chi connectivity index (χ0) is 20.3. The lowest BCUT2D eigenvalue weighted by Crippen LogP contribution is -2.50. The van der Waals surface area contributed by atoms with Crippen LogP contribution in [-0.2, 0) is 4.74 Å². The van der Waals surface area contributed by atoms with Gasteiger partial charge in [-0.15, -0.1) is 0 Å². The molecule has 2 aliphatic rings. The van der Waals surface area contributed by atoms with Crippen molar-refractivity contribution in [2.45, 2.75) is 64.2 Å². The van der Waals surface area contributed by atoms with Gasteiger partial charge in [-0.3, -0.25) is 4.90 Å². The largest absolute Gasteiger partial charge is 0.490 e. The van der Waals surface area contributed by atoms with E-state index in [4.69, 9.17) is 9.47 Å². The van der Waals surface area contributed by atoms with E-state index in [1.807, 2.05) is 20.8 Å². The normalized spacial score (nSPS) is 20.2. The van der Waals surface area contributed by atoms with Gasteiger partial charge >= 0.3 is 6.09 Å². The molecule has 3 rings (SSSR count). The molecule has 0 aliphatic carbocycles. The van der Waals surface area contributed by atoms with Crippen LogP contribution in [0.1, 0.15) is 46.5 Å². The summed E-state index contributed by atoms with van der Waals surface area (Å²) in [5.74, 6) is -1.37. The van der Waals surface area contributed by atoms with Crippen molar-refractivity contribution in [3.05, 3.63) is 29.8 Å². The smallest absolute Gasteiger partial charge is 0.410 e. The maximum atomic E-state index is 13.3. The van der Waals surface area contributed by atoms with Gasteiger partial charge in [0, 0.05) is 38.3 Å². The number of hydrogen-bond donors (Lipinski definition) is 0. The number of carbonyl (C=O) groups is 1. The van der Waals surface area contributed by atoms with Gasteiger partial charge in [-0.05, 0) is 58.6 Å². The summed E-state index contributed by atoms with van der Waals surface area (Å²) in [5.41, 5.74) is -0.469. The summed E-state index contributed by atoms with van der Waals surface area (Å²) in [5, 5.41) is 0. The predicted octanol–water partition coefficient (Wildman–Crippen LogP) is 4.21. The number of likely N-dealkylation sites (tertiary alicyclic amines) is 2.